The molecule has 3 N–H and O–H groups in total. The van der Waals surface area contributed by atoms with Crippen LogP contribution in [0.4, 0.5) is 0 Å². The van der Waals surface area contributed by atoms with Gasteiger partial charge in [-0.3, -0.25) is 4.99 Å². The van der Waals surface area contributed by atoms with Crippen LogP contribution >= 0.6 is 0 Å². The monoisotopic (exact) mass is 870 g/mol. The summed E-state index contributed by atoms with van der Waals surface area (Å²) >= 11 is 0. The van der Waals surface area contributed by atoms with Crippen LogP contribution in [-0.2, 0) is 0 Å². The molecule has 0 unspecified atom stereocenters. The number of hydrogen-bond acceptors (Lipinski definition) is 3. The Morgan fingerprint density at radius 1 is 0.567 bits per heavy atom. The second kappa shape index (κ2) is 22.1. The highest BCUT2D eigenvalue weighted by atomic mass is 15.0. The van der Waals surface area contributed by atoms with Crippen molar-refractivity contribution in [1.82, 2.24) is 4.57 Å². The van der Waals surface area contributed by atoms with Crippen LogP contribution in [0, 0.1) is 12.3 Å². The number of nitrogens with one attached hydrogen (secondary N) is 1. The highest BCUT2D eigenvalue weighted by Gasteiger charge is 2.18. The molecule has 0 aliphatic carbocycles. The normalized spacial score (nSPS) is 11.0. The van der Waals surface area contributed by atoms with Crippen LogP contribution in [0.3, 0.4) is 0 Å². The number of aryl methyl sites for hydroxylation is 1. The highest BCUT2D eigenvalue weighted by molar-refractivity contribution is 6.31. The zero-order valence-corrected chi connectivity index (χ0v) is 39.2. The third-order valence-electron chi connectivity index (χ3n) is 11.8. The minimum absolute atomic E-state index is 0.384. The summed E-state index contributed by atoms with van der Waals surface area (Å²) in [6.45, 7) is 16.2. The van der Waals surface area contributed by atoms with Gasteiger partial charge >= 0.3 is 0 Å². The first-order valence-corrected chi connectivity index (χ1v) is 22.9. The van der Waals surface area contributed by atoms with Gasteiger partial charge in [0.1, 0.15) is 0 Å². The number of aromatic nitrogens is 1. The number of nitrogens with zero attached hydrogens (tertiary/aromatic N) is 2. The number of nitrogens with two attached hydrogens (primary N) is 1. The predicted molar refractivity (Wildman–Crippen MR) is 295 cm³/mol. The molecule has 0 atom stereocenters. The lowest BCUT2D eigenvalue weighted by Crippen LogP contribution is -1.99. The van der Waals surface area contributed by atoms with E-state index in [0.29, 0.717) is 11.4 Å². The lowest BCUT2D eigenvalue weighted by atomic mass is 9.88. The van der Waals surface area contributed by atoms with Crippen molar-refractivity contribution < 1.29 is 0 Å². The molecule has 4 heteroatoms. The first kappa shape index (κ1) is 46.8. The summed E-state index contributed by atoms with van der Waals surface area (Å²) in [5.74, 6) is 0. The molecule has 1 heterocycles. The van der Waals surface area contributed by atoms with Crippen LogP contribution in [0.25, 0.3) is 89.0 Å². The Kier molecular flexibility index (Phi) is 15.5. The maximum Gasteiger partial charge on any atom is 0.0716 e. The fourth-order valence-corrected chi connectivity index (χ4v) is 8.75. The van der Waals surface area contributed by atoms with E-state index in [1.165, 1.54) is 29.1 Å². The van der Waals surface area contributed by atoms with Gasteiger partial charge in [0.25, 0.3) is 0 Å². The maximum atomic E-state index is 9.45. The molecule has 330 valence electrons. The molecule has 4 nitrogen and oxygen atoms in total. The van der Waals surface area contributed by atoms with Gasteiger partial charge in [-0.1, -0.05) is 208 Å². The molecule has 67 heavy (non-hydrogen) atoms. The Bertz CT molecular complexity index is 3370. The zero-order chi connectivity index (χ0) is 47.3. The van der Waals surface area contributed by atoms with Crippen LogP contribution in [0.2, 0.25) is 0 Å². The molecule has 0 fully saturated rings. The topological polar surface area (TPSA) is 67.2 Å². The number of fused-ring (bicyclic) bond motifs is 7. The predicted octanol–water partition coefficient (Wildman–Crippen LogP) is 16.8. The van der Waals surface area contributed by atoms with Gasteiger partial charge in [0.15, 0.2) is 0 Å². The molecule has 0 aliphatic heterocycles. The fourth-order valence-electron chi connectivity index (χ4n) is 8.75. The lowest BCUT2D eigenvalue weighted by molar-refractivity contribution is 1.10. The molecule has 10 rings (SSSR count). The first-order valence-electron chi connectivity index (χ1n) is 22.9. The Morgan fingerprint density at radius 3 is 1.69 bits per heavy atom. The average molecular weight is 871 g/mol. The number of rotatable bonds is 9. The molecule has 0 radical (unpaired) electrons. The lowest BCUT2D eigenvalue weighted by Gasteiger charge is -2.15. The van der Waals surface area contributed by atoms with Crippen molar-refractivity contribution in [1.29, 1.82) is 5.41 Å². The summed E-state index contributed by atoms with van der Waals surface area (Å²) in [6, 6.07) is 67.9. The molecule has 0 spiro atoms. The van der Waals surface area contributed by atoms with Crippen LogP contribution < -0.4 is 5.73 Å². The van der Waals surface area contributed by atoms with E-state index in [2.05, 4.69) is 194 Å². The van der Waals surface area contributed by atoms with Crippen molar-refractivity contribution >= 4 is 73.5 Å². The van der Waals surface area contributed by atoms with Crippen molar-refractivity contribution in [3.8, 4) is 27.9 Å². The van der Waals surface area contributed by atoms with Crippen molar-refractivity contribution in [3.05, 3.63) is 241 Å². The SMILES string of the molecule is C=Cc1c(/C=C\C)n(-c2ccc(-c3ccccc3)cc2)c2cc(-c3ccc4c5ccccc5c5cccc(C(=N)/C=C(\N=C)c6ccccc6)c5c4c3)ccc12.CC.CN.Cc1ccccc1. The first-order chi connectivity index (χ1) is 33.0. The number of allylic oxidation sites excluding steroid dienone is 2. The van der Waals surface area contributed by atoms with Gasteiger partial charge in [-0.15, -0.1) is 0 Å². The molecule has 1 aromatic heterocycles. The summed E-state index contributed by atoms with van der Waals surface area (Å²) in [5.41, 5.74) is 17.6. The zero-order valence-electron chi connectivity index (χ0n) is 39.2. The second-order valence-electron chi connectivity index (χ2n) is 15.6. The van der Waals surface area contributed by atoms with Crippen molar-refractivity contribution in [2.75, 3.05) is 7.05 Å². The summed E-state index contributed by atoms with van der Waals surface area (Å²) in [4.78, 5) is 4.33. The van der Waals surface area contributed by atoms with Gasteiger partial charge < -0.3 is 15.7 Å². The second-order valence-corrected chi connectivity index (χ2v) is 15.6. The van der Waals surface area contributed by atoms with Gasteiger partial charge in [-0.2, -0.15) is 0 Å². The molecule has 10 aromatic rings. The van der Waals surface area contributed by atoms with Gasteiger partial charge in [-0.25, -0.2) is 0 Å². The van der Waals surface area contributed by atoms with Crippen LogP contribution in [0.15, 0.2) is 218 Å². The number of aliphatic imine (C=N–C) groups is 1. The Balaban J connectivity index is 0.000000544. The fraction of sp³-hybridized carbons (Fsp3) is 0.0794. The maximum absolute atomic E-state index is 9.45. The molecule has 0 saturated heterocycles. The minimum Gasteiger partial charge on any atom is -0.333 e. The van der Waals surface area contributed by atoms with Crippen LogP contribution in [0.5, 0.6) is 0 Å². The van der Waals surface area contributed by atoms with E-state index in [9.17, 15) is 5.41 Å². The third-order valence-corrected chi connectivity index (χ3v) is 11.8. The number of benzene rings is 9. The summed E-state index contributed by atoms with van der Waals surface area (Å²) in [7, 11) is 1.50. The standard InChI is InChI=1S/C53H39N3.C7H8.C2H6.CH5N/c1-4-15-51-41(5-2)45-31-27-39(33-52(45)56(51)40-28-24-36(25-29-40)35-16-8-6-9-17-35)38-26-30-44-42-20-12-13-21-43(42)46-22-14-23-47(53(46)48(44)32-38)49(54)34-50(55-3)37-18-10-7-11-19-37;1-7-5-3-2-4-6-7;2*1-2/h4-34,54H,2-3H2,1H3;2-6H,1H3;1-2H3;2H2,1H3/b15-4-,50-34-,54-49?;;;. The summed E-state index contributed by atoms with van der Waals surface area (Å²) in [5, 5.41) is 17.4. The molecule has 0 bridgehead atoms. The van der Waals surface area contributed by atoms with Crippen molar-refractivity contribution in [2.24, 2.45) is 10.7 Å². The van der Waals surface area contributed by atoms with E-state index in [1.807, 2.05) is 80.6 Å². The quantitative estimate of drug-likeness (QED) is 0.110. The van der Waals surface area contributed by atoms with E-state index in [-0.39, 0.29) is 0 Å². The Labute approximate surface area is 395 Å². The van der Waals surface area contributed by atoms with Gasteiger partial charge in [0.05, 0.1) is 22.6 Å². The smallest absolute Gasteiger partial charge is 0.0716 e. The van der Waals surface area contributed by atoms with E-state index in [1.54, 1.807) is 0 Å². The average Bonchev–Trinajstić information content (AvgIpc) is 3.71. The van der Waals surface area contributed by atoms with Crippen molar-refractivity contribution in [3.63, 3.8) is 0 Å². The molecule has 0 amide bonds. The Morgan fingerprint density at radius 2 is 1.09 bits per heavy atom. The Hall–Kier alpha value is -8.18. The molecule has 9 aromatic carbocycles. The van der Waals surface area contributed by atoms with Gasteiger partial charge in [0.2, 0.25) is 0 Å². The van der Waals surface area contributed by atoms with Crippen LogP contribution in [0.1, 0.15) is 48.7 Å². The number of hydrogen-bond donors (Lipinski definition) is 2. The van der Waals surface area contributed by atoms with E-state index in [0.717, 1.165) is 77.0 Å². The van der Waals surface area contributed by atoms with Crippen molar-refractivity contribution in [2.45, 2.75) is 27.7 Å². The van der Waals surface area contributed by atoms with Gasteiger partial charge in [-0.05, 0) is 119 Å². The van der Waals surface area contributed by atoms with Crippen LogP contribution in [-0.4, -0.2) is 24.0 Å². The molecular formula is C63H58N4. The van der Waals surface area contributed by atoms with E-state index in [4.69, 9.17) is 0 Å². The third kappa shape index (κ3) is 9.77. The van der Waals surface area contributed by atoms with E-state index < -0.39 is 0 Å². The minimum atomic E-state index is 0.384. The largest absolute Gasteiger partial charge is 0.333 e. The highest BCUT2D eigenvalue weighted by Crippen LogP contribution is 2.41. The summed E-state index contributed by atoms with van der Waals surface area (Å²) in [6.07, 6.45) is 8.06. The summed E-state index contributed by atoms with van der Waals surface area (Å²) < 4.78 is 2.35. The molecule has 0 aliphatic rings. The molecule has 0 saturated carbocycles. The molecular weight excluding hydrogens is 813 g/mol. The van der Waals surface area contributed by atoms with E-state index >= 15 is 0 Å². The van der Waals surface area contributed by atoms with Gasteiger partial charge in [0, 0.05) is 27.8 Å².